The molecule has 1 fully saturated rings. The minimum atomic E-state index is -3.58. The number of methoxy groups -OCH3 is 1. The van der Waals surface area contributed by atoms with Gasteiger partial charge in [0.05, 0.1) is 16.9 Å². The van der Waals surface area contributed by atoms with Gasteiger partial charge in [-0.05, 0) is 23.6 Å². The zero-order chi connectivity index (χ0) is 17.2. The number of sulfonamides is 1. The Morgan fingerprint density at radius 1 is 1.12 bits per heavy atom. The Hall–Kier alpha value is -1.90. The van der Waals surface area contributed by atoms with E-state index in [1.54, 1.807) is 29.2 Å². The second-order valence-electron chi connectivity index (χ2n) is 5.35. The van der Waals surface area contributed by atoms with Crippen molar-refractivity contribution < 1.29 is 17.9 Å². The molecule has 3 rings (SSSR count). The zero-order valence-corrected chi connectivity index (χ0v) is 14.8. The highest BCUT2D eigenvalue weighted by atomic mass is 32.2. The molecule has 0 unspecified atom stereocenters. The molecule has 1 aliphatic rings. The summed E-state index contributed by atoms with van der Waals surface area (Å²) in [5.41, 5.74) is 0. The summed E-state index contributed by atoms with van der Waals surface area (Å²) >= 11 is 1.40. The number of hydrogen-bond acceptors (Lipinski definition) is 5. The van der Waals surface area contributed by atoms with Gasteiger partial charge in [-0.25, -0.2) is 8.42 Å². The number of thiophene rings is 1. The van der Waals surface area contributed by atoms with Crippen LogP contribution in [0.3, 0.4) is 0 Å². The van der Waals surface area contributed by atoms with Crippen LogP contribution in [-0.2, 0) is 10.0 Å². The smallest absolute Gasteiger partial charge is 0.264 e. The van der Waals surface area contributed by atoms with Crippen molar-refractivity contribution in [2.45, 2.75) is 4.90 Å². The molecule has 1 saturated heterocycles. The quantitative estimate of drug-likeness (QED) is 0.829. The van der Waals surface area contributed by atoms with Crippen LogP contribution >= 0.6 is 11.3 Å². The molecule has 1 aromatic carbocycles. The molecule has 1 aliphatic heterocycles. The molecule has 1 aromatic heterocycles. The monoisotopic (exact) mass is 366 g/mol. The number of carbonyl (C=O) groups is 1. The van der Waals surface area contributed by atoms with Crippen LogP contribution in [0, 0.1) is 0 Å². The van der Waals surface area contributed by atoms with Crippen molar-refractivity contribution >= 4 is 27.3 Å². The predicted octanol–water partition coefficient (Wildman–Crippen LogP) is 1.90. The van der Waals surface area contributed by atoms with E-state index in [2.05, 4.69) is 0 Å². The predicted molar refractivity (Wildman–Crippen MR) is 92.0 cm³/mol. The van der Waals surface area contributed by atoms with E-state index < -0.39 is 10.0 Å². The SMILES string of the molecule is COc1cccc(S(=O)(=O)N2CCN(C(=O)c3cccs3)CC2)c1. The highest BCUT2D eigenvalue weighted by Crippen LogP contribution is 2.22. The van der Waals surface area contributed by atoms with Gasteiger partial charge in [0, 0.05) is 32.2 Å². The van der Waals surface area contributed by atoms with Gasteiger partial charge in [-0.2, -0.15) is 4.31 Å². The van der Waals surface area contributed by atoms with Gasteiger partial charge in [0.2, 0.25) is 10.0 Å². The minimum Gasteiger partial charge on any atom is -0.497 e. The van der Waals surface area contributed by atoms with Gasteiger partial charge in [-0.15, -0.1) is 11.3 Å². The van der Waals surface area contributed by atoms with E-state index in [4.69, 9.17) is 4.74 Å². The molecular weight excluding hydrogens is 348 g/mol. The summed E-state index contributed by atoms with van der Waals surface area (Å²) in [6, 6.07) is 10.0. The van der Waals surface area contributed by atoms with E-state index in [1.165, 1.54) is 28.8 Å². The van der Waals surface area contributed by atoms with Crippen LogP contribution in [0.4, 0.5) is 0 Å². The lowest BCUT2D eigenvalue weighted by Crippen LogP contribution is -2.50. The average Bonchev–Trinajstić information content (AvgIpc) is 3.16. The average molecular weight is 366 g/mol. The van der Waals surface area contributed by atoms with Crippen molar-refractivity contribution in [1.82, 2.24) is 9.21 Å². The normalized spacial score (nSPS) is 16.1. The van der Waals surface area contributed by atoms with E-state index in [0.717, 1.165) is 0 Å². The number of amides is 1. The fraction of sp³-hybridized carbons (Fsp3) is 0.312. The zero-order valence-electron chi connectivity index (χ0n) is 13.2. The maximum absolute atomic E-state index is 12.7. The van der Waals surface area contributed by atoms with Gasteiger partial charge < -0.3 is 9.64 Å². The van der Waals surface area contributed by atoms with E-state index in [0.29, 0.717) is 23.7 Å². The van der Waals surface area contributed by atoms with Crippen molar-refractivity contribution in [2.75, 3.05) is 33.3 Å². The van der Waals surface area contributed by atoms with E-state index in [1.807, 2.05) is 11.4 Å². The molecular formula is C16H18N2O4S2. The van der Waals surface area contributed by atoms with Crippen molar-refractivity contribution in [3.8, 4) is 5.75 Å². The summed E-state index contributed by atoms with van der Waals surface area (Å²) in [5.74, 6) is 0.464. The fourth-order valence-corrected chi connectivity index (χ4v) is 4.75. The molecule has 0 bridgehead atoms. The van der Waals surface area contributed by atoms with Gasteiger partial charge in [0.15, 0.2) is 0 Å². The summed E-state index contributed by atoms with van der Waals surface area (Å²) in [5, 5.41) is 1.86. The Kier molecular flexibility index (Phi) is 4.88. The third-order valence-corrected chi connectivity index (χ3v) is 6.69. The highest BCUT2D eigenvalue weighted by Gasteiger charge is 2.30. The molecule has 0 spiro atoms. The van der Waals surface area contributed by atoms with Crippen molar-refractivity contribution in [3.05, 3.63) is 46.7 Å². The first-order valence-corrected chi connectivity index (χ1v) is 9.81. The molecule has 0 atom stereocenters. The van der Waals surface area contributed by atoms with Crippen LogP contribution < -0.4 is 4.74 Å². The van der Waals surface area contributed by atoms with Crippen LogP contribution in [0.2, 0.25) is 0 Å². The molecule has 1 amide bonds. The molecule has 128 valence electrons. The summed E-state index contributed by atoms with van der Waals surface area (Å²) in [4.78, 5) is 14.9. The molecule has 0 radical (unpaired) electrons. The van der Waals surface area contributed by atoms with Gasteiger partial charge in [0.1, 0.15) is 5.75 Å². The number of carbonyl (C=O) groups excluding carboxylic acids is 1. The van der Waals surface area contributed by atoms with Crippen LogP contribution in [0.1, 0.15) is 9.67 Å². The molecule has 2 aromatic rings. The largest absolute Gasteiger partial charge is 0.497 e. The number of ether oxygens (including phenoxy) is 1. The maximum atomic E-state index is 12.7. The third kappa shape index (κ3) is 3.31. The second-order valence-corrected chi connectivity index (χ2v) is 8.24. The summed E-state index contributed by atoms with van der Waals surface area (Å²) in [7, 11) is -2.08. The standard InChI is InChI=1S/C16H18N2O4S2/c1-22-13-4-2-5-14(12-13)24(20,21)18-9-7-17(8-10-18)16(19)15-6-3-11-23-15/h2-6,11-12H,7-10H2,1H3. The van der Waals surface area contributed by atoms with Crippen LogP contribution in [0.15, 0.2) is 46.7 Å². The highest BCUT2D eigenvalue weighted by molar-refractivity contribution is 7.89. The van der Waals surface area contributed by atoms with Gasteiger partial charge >= 0.3 is 0 Å². The Labute approximate surface area is 145 Å². The Morgan fingerprint density at radius 3 is 2.50 bits per heavy atom. The summed E-state index contributed by atoms with van der Waals surface area (Å²) in [6.45, 7) is 1.35. The molecule has 0 N–H and O–H groups in total. The number of rotatable bonds is 4. The molecule has 2 heterocycles. The lowest BCUT2D eigenvalue weighted by molar-refractivity contribution is 0.0703. The van der Waals surface area contributed by atoms with Crippen LogP contribution in [0.5, 0.6) is 5.75 Å². The van der Waals surface area contributed by atoms with E-state index >= 15 is 0 Å². The number of piperazine rings is 1. The first-order chi connectivity index (χ1) is 11.5. The van der Waals surface area contributed by atoms with E-state index in [-0.39, 0.29) is 23.9 Å². The first-order valence-electron chi connectivity index (χ1n) is 7.49. The lowest BCUT2D eigenvalue weighted by atomic mass is 10.3. The molecule has 0 saturated carbocycles. The Morgan fingerprint density at radius 2 is 1.88 bits per heavy atom. The lowest BCUT2D eigenvalue weighted by Gasteiger charge is -2.33. The second kappa shape index (κ2) is 6.92. The molecule has 8 heteroatoms. The van der Waals surface area contributed by atoms with Gasteiger partial charge in [0.25, 0.3) is 5.91 Å². The maximum Gasteiger partial charge on any atom is 0.264 e. The van der Waals surface area contributed by atoms with E-state index in [9.17, 15) is 13.2 Å². The van der Waals surface area contributed by atoms with Crippen molar-refractivity contribution in [2.24, 2.45) is 0 Å². The third-order valence-electron chi connectivity index (χ3n) is 3.94. The number of nitrogens with zero attached hydrogens (tertiary/aromatic N) is 2. The van der Waals surface area contributed by atoms with Crippen LogP contribution in [0.25, 0.3) is 0 Å². The van der Waals surface area contributed by atoms with Gasteiger partial charge in [-0.1, -0.05) is 12.1 Å². The first kappa shape index (κ1) is 16.9. The van der Waals surface area contributed by atoms with Crippen LogP contribution in [-0.4, -0.2) is 56.8 Å². The summed E-state index contributed by atoms with van der Waals surface area (Å²) in [6.07, 6.45) is 0. The topological polar surface area (TPSA) is 66.9 Å². The summed E-state index contributed by atoms with van der Waals surface area (Å²) < 4.78 is 32.0. The fourth-order valence-electron chi connectivity index (χ4n) is 2.60. The van der Waals surface area contributed by atoms with Crippen molar-refractivity contribution in [3.63, 3.8) is 0 Å². The molecule has 0 aliphatic carbocycles. The molecule has 6 nitrogen and oxygen atoms in total. The Bertz CT molecular complexity index is 810. The molecule has 24 heavy (non-hydrogen) atoms. The Balaban J connectivity index is 1.70. The number of hydrogen-bond donors (Lipinski definition) is 0. The minimum absolute atomic E-state index is 0.0385. The van der Waals surface area contributed by atoms with Gasteiger partial charge in [-0.3, -0.25) is 4.79 Å². The number of benzene rings is 1. The van der Waals surface area contributed by atoms with Crippen molar-refractivity contribution in [1.29, 1.82) is 0 Å².